The maximum atomic E-state index is 14.0. The third kappa shape index (κ3) is 2.64. The number of benzene rings is 1. The quantitative estimate of drug-likeness (QED) is 0.901. The van der Waals surface area contributed by atoms with Crippen molar-refractivity contribution in [2.45, 2.75) is 33.1 Å². The summed E-state index contributed by atoms with van der Waals surface area (Å²) in [7, 11) is 1.81. The zero-order valence-corrected chi connectivity index (χ0v) is 12.6. The zero-order valence-electron chi connectivity index (χ0n) is 12.6. The molecule has 0 aliphatic carbocycles. The first-order valence-electron chi connectivity index (χ1n) is 6.66. The predicted molar refractivity (Wildman–Crippen MR) is 80.4 cm³/mol. The minimum atomic E-state index is -0.267. The summed E-state index contributed by atoms with van der Waals surface area (Å²) in [6, 6.07) is 6.69. The molecule has 0 aliphatic rings. The molecule has 0 aliphatic heterocycles. The minimum Gasteiger partial charge on any atom is -0.373 e. The fraction of sp³-hybridized carbons (Fsp3) is 0.375. The molecule has 1 heterocycles. The Morgan fingerprint density at radius 1 is 1.10 bits per heavy atom. The third-order valence-electron chi connectivity index (χ3n) is 3.18. The summed E-state index contributed by atoms with van der Waals surface area (Å²) in [5, 5.41) is 3.06. The molecule has 0 saturated heterocycles. The van der Waals surface area contributed by atoms with Crippen LogP contribution in [0.4, 0.5) is 10.2 Å². The molecule has 0 atom stereocenters. The highest BCUT2D eigenvalue weighted by molar-refractivity contribution is 5.68. The topological polar surface area (TPSA) is 37.8 Å². The molecule has 106 valence electrons. The van der Waals surface area contributed by atoms with Gasteiger partial charge in [0, 0.05) is 23.6 Å². The number of rotatable bonds is 2. The van der Waals surface area contributed by atoms with Crippen molar-refractivity contribution in [2.24, 2.45) is 0 Å². The Bertz CT molecular complexity index is 630. The van der Waals surface area contributed by atoms with Gasteiger partial charge in [0.2, 0.25) is 0 Å². The monoisotopic (exact) mass is 273 g/mol. The first-order valence-corrected chi connectivity index (χ1v) is 6.66. The molecule has 3 nitrogen and oxygen atoms in total. The molecule has 0 saturated carbocycles. The molecule has 1 aromatic heterocycles. The molecule has 1 N–H and O–H groups in total. The Hall–Kier alpha value is -1.97. The fourth-order valence-corrected chi connectivity index (χ4v) is 2.01. The van der Waals surface area contributed by atoms with E-state index in [0.717, 1.165) is 11.4 Å². The van der Waals surface area contributed by atoms with Crippen molar-refractivity contribution >= 4 is 5.82 Å². The van der Waals surface area contributed by atoms with E-state index in [9.17, 15) is 4.39 Å². The van der Waals surface area contributed by atoms with E-state index in [2.05, 4.69) is 15.3 Å². The number of hydrogen-bond donors (Lipinski definition) is 1. The van der Waals surface area contributed by atoms with E-state index in [1.807, 2.05) is 40.8 Å². The lowest BCUT2D eigenvalue weighted by Gasteiger charge is -2.20. The predicted octanol–water partition coefficient (Wildman–Crippen LogP) is 3.93. The highest BCUT2D eigenvalue weighted by atomic mass is 19.1. The van der Waals surface area contributed by atoms with Gasteiger partial charge in [0.15, 0.2) is 0 Å². The number of nitrogens with one attached hydrogen (secondary N) is 1. The normalized spacial score (nSPS) is 11.5. The van der Waals surface area contributed by atoms with E-state index < -0.39 is 0 Å². The molecular weight excluding hydrogens is 253 g/mol. The van der Waals surface area contributed by atoms with Gasteiger partial charge in [0.05, 0.1) is 5.69 Å². The molecular formula is C16H20FN3. The van der Waals surface area contributed by atoms with Crippen LogP contribution in [0.2, 0.25) is 0 Å². The Kier molecular flexibility index (Phi) is 3.75. The lowest BCUT2D eigenvalue weighted by Crippen LogP contribution is -2.18. The number of aromatic nitrogens is 2. The van der Waals surface area contributed by atoms with Crippen LogP contribution in [0.5, 0.6) is 0 Å². The summed E-state index contributed by atoms with van der Waals surface area (Å²) in [5.41, 5.74) is 1.81. The second-order valence-corrected chi connectivity index (χ2v) is 5.85. The van der Waals surface area contributed by atoms with Crippen molar-refractivity contribution in [1.82, 2.24) is 9.97 Å². The SMILES string of the molecule is CNc1nc(C(C)(C)C)nc(-c2ccccc2F)c1C. The van der Waals surface area contributed by atoms with E-state index in [1.165, 1.54) is 6.07 Å². The van der Waals surface area contributed by atoms with E-state index in [-0.39, 0.29) is 11.2 Å². The van der Waals surface area contributed by atoms with Crippen LogP contribution >= 0.6 is 0 Å². The molecule has 1 aromatic carbocycles. The van der Waals surface area contributed by atoms with Crippen LogP contribution in [0.3, 0.4) is 0 Å². The van der Waals surface area contributed by atoms with Crippen LogP contribution in [0, 0.1) is 12.7 Å². The molecule has 0 spiro atoms. The largest absolute Gasteiger partial charge is 0.373 e. The maximum absolute atomic E-state index is 14.0. The first-order chi connectivity index (χ1) is 9.34. The van der Waals surface area contributed by atoms with Crippen molar-refractivity contribution in [1.29, 1.82) is 0 Å². The number of halogens is 1. The number of anilines is 1. The summed E-state index contributed by atoms with van der Waals surface area (Å²) >= 11 is 0. The highest BCUT2D eigenvalue weighted by Gasteiger charge is 2.22. The van der Waals surface area contributed by atoms with Gasteiger partial charge < -0.3 is 5.32 Å². The Labute approximate surface area is 119 Å². The maximum Gasteiger partial charge on any atom is 0.136 e. The van der Waals surface area contributed by atoms with Crippen LogP contribution in [0.15, 0.2) is 24.3 Å². The van der Waals surface area contributed by atoms with Gasteiger partial charge >= 0.3 is 0 Å². The first kappa shape index (κ1) is 14.4. The summed E-state index contributed by atoms with van der Waals surface area (Å²) < 4.78 is 14.0. The molecule has 0 fully saturated rings. The molecule has 0 unspecified atom stereocenters. The molecule has 4 heteroatoms. The van der Waals surface area contributed by atoms with Gasteiger partial charge in [-0.3, -0.25) is 0 Å². The van der Waals surface area contributed by atoms with Gasteiger partial charge in [-0.25, -0.2) is 14.4 Å². The summed E-state index contributed by atoms with van der Waals surface area (Å²) in [6.07, 6.45) is 0. The average molecular weight is 273 g/mol. The van der Waals surface area contributed by atoms with Crippen molar-refractivity contribution in [2.75, 3.05) is 12.4 Å². The lowest BCUT2D eigenvalue weighted by atomic mass is 9.94. The summed E-state index contributed by atoms with van der Waals surface area (Å²) in [4.78, 5) is 9.13. The van der Waals surface area contributed by atoms with E-state index in [4.69, 9.17) is 0 Å². The Morgan fingerprint density at radius 3 is 2.30 bits per heavy atom. The lowest BCUT2D eigenvalue weighted by molar-refractivity contribution is 0.545. The van der Waals surface area contributed by atoms with Gasteiger partial charge in [-0.2, -0.15) is 0 Å². The highest BCUT2D eigenvalue weighted by Crippen LogP contribution is 2.30. The van der Waals surface area contributed by atoms with Gasteiger partial charge in [-0.15, -0.1) is 0 Å². The molecule has 0 bridgehead atoms. The van der Waals surface area contributed by atoms with Crippen molar-refractivity contribution in [3.05, 3.63) is 41.5 Å². The molecule has 0 radical (unpaired) electrons. The smallest absolute Gasteiger partial charge is 0.136 e. The third-order valence-corrected chi connectivity index (χ3v) is 3.18. The van der Waals surface area contributed by atoms with Crippen molar-refractivity contribution in [3.8, 4) is 11.3 Å². The van der Waals surface area contributed by atoms with Crippen LogP contribution in [0.25, 0.3) is 11.3 Å². The van der Waals surface area contributed by atoms with E-state index in [0.29, 0.717) is 17.1 Å². The minimum absolute atomic E-state index is 0.195. The molecule has 2 aromatic rings. The van der Waals surface area contributed by atoms with Crippen LogP contribution < -0.4 is 5.32 Å². The fourth-order valence-electron chi connectivity index (χ4n) is 2.01. The second-order valence-electron chi connectivity index (χ2n) is 5.85. The van der Waals surface area contributed by atoms with Crippen molar-refractivity contribution < 1.29 is 4.39 Å². The summed E-state index contributed by atoms with van der Waals surface area (Å²) in [6.45, 7) is 8.03. The second kappa shape index (κ2) is 5.19. The number of nitrogens with zero attached hydrogens (tertiary/aromatic N) is 2. The molecule has 20 heavy (non-hydrogen) atoms. The number of hydrogen-bond acceptors (Lipinski definition) is 3. The van der Waals surface area contributed by atoms with Crippen LogP contribution in [-0.2, 0) is 5.41 Å². The Morgan fingerprint density at radius 2 is 1.75 bits per heavy atom. The standard InChI is InChI=1S/C16H20FN3/c1-10-13(11-8-6-7-9-12(11)17)19-15(16(2,3)4)20-14(10)18-5/h6-9H,1-5H3,(H,18,19,20). The average Bonchev–Trinajstić information content (AvgIpc) is 2.38. The van der Waals surface area contributed by atoms with Gasteiger partial charge in [0.25, 0.3) is 0 Å². The van der Waals surface area contributed by atoms with Gasteiger partial charge in [0.1, 0.15) is 17.5 Å². The van der Waals surface area contributed by atoms with Gasteiger partial charge in [-0.05, 0) is 19.1 Å². The van der Waals surface area contributed by atoms with Crippen LogP contribution in [-0.4, -0.2) is 17.0 Å². The molecule has 0 amide bonds. The van der Waals surface area contributed by atoms with Gasteiger partial charge in [-0.1, -0.05) is 32.9 Å². The zero-order chi connectivity index (χ0) is 14.9. The Balaban J connectivity index is 2.72. The van der Waals surface area contributed by atoms with Crippen LogP contribution in [0.1, 0.15) is 32.2 Å². The van der Waals surface area contributed by atoms with E-state index in [1.54, 1.807) is 12.1 Å². The molecule has 2 rings (SSSR count). The summed E-state index contributed by atoms with van der Waals surface area (Å²) in [5.74, 6) is 1.17. The van der Waals surface area contributed by atoms with Crippen molar-refractivity contribution in [3.63, 3.8) is 0 Å². The van der Waals surface area contributed by atoms with E-state index >= 15 is 0 Å².